The van der Waals surface area contributed by atoms with Gasteiger partial charge in [-0.15, -0.1) is 0 Å². The molecule has 0 radical (unpaired) electrons. The second-order valence-electron chi connectivity index (χ2n) is 4.66. The Balaban J connectivity index is 2.39. The Kier molecular flexibility index (Phi) is 5.78. The lowest BCUT2D eigenvalue weighted by atomic mass is 10.1. The van der Waals surface area contributed by atoms with Crippen LogP contribution in [-0.4, -0.2) is 25.7 Å². The fourth-order valence-corrected chi connectivity index (χ4v) is 1.47. The summed E-state index contributed by atoms with van der Waals surface area (Å²) in [6.45, 7) is 7.24. The normalized spacial score (nSPS) is 10.7. The van der Waals surface area contributed by atoms with E-state index in [-0.39, 0.29) is 5.56 Å². The van der Waals surface area contributed by atoms with Crippen LogP contribution in [0.25, 0.3) is 0 Å². The van der Waals surface area contributed by atoms with Gasteiger partial charge in [-0.25, -0.2) is 4.39 Å². The van der Waals surface area contributed by atoms with Crippen LogP contribution in [0.1, 0.15) is 29.8 Å². The Morgan fingerprint density at radius 1 is 1.44 bits per heavy atom. The third-order valence-electron chi connectivity index (χ3n) is 2.42. The summed E-state index contributed by atoms with van der Waals surface area (Å²) in [4.78, 5) is 11.7. The van der Waals surface area contributed by atoms with Crippen molar-refractivity contribution < 1.29 is 13.9 Å². The molecule has 0 aliphatic carbocycles. The van der Waals surface area contributed by atoms with Gasteiger partial charge in [-0.3, -0.25) is 4.79 Å². The van der Waals surface area contributed by atoms with Gasteiger partial charge >= 0.3 is 0 Å². The Bertz CT molecular complexity index is 405. The van der Waals surface area contributed by atoms with Gasteiger partial charge in [0.2, 0.25) is 0 Å². The van der Waals surface area contributed by atoms with Crippen LogP contribution in [0.5, 0.6) is 0 Å². The summed E-state index contributed by atoms with van der Waals surface area (Å²) in [7, 11) is 0. The number of aryl methyl sites for hydroxylation is 1. The van der Waals surface area contributed by atoms with Gasteiger partial charge in [0, 0.05) is 13.2 Å². The fraction of sp³-hybridized carbons (Fsp3) is 0.500. The lowest BCUT2D eigenvalue weighted by Crippen LogP contribution is -2.28. The summed E-state index contributed by atoms with van der Waals surface area (Å²) < 4.78 is 19.0. The van der Waals surface area contributed by atoms with E-state index in [1.807, 2.05) is 0 Å². The predicted octanol–water partition coefficient (Wildman–Crippen LogP) is 2.54. The fourth-order valence-electron chi connectivity index (χ4n) is 1.47. The van der Waals surface area contributed by atoms with Gasteiger partial charge in [-0.1, -0.05) is 26.0 Å². The van der Waals surface area contributed by atoms with E-state index in [0.29, 0.717) is 31.2 Å². The highest BCUT2D eigenvalue weighted by Crippen LogP contribution is 2.11. The number of carbonyl (C=O) groups is 1. The van der Waals surface area contributed by atoms with Crippen molar-refractivity contribution in [2.45, 2.75) is 20.8 Å². The standard InChI is InChI=1S/C14H20FNO2/c1-10(2)9-18-8-7-16-14(17)12-6-4-5-11(3)13(12)15/h4-6,10H,7-9H2,1-3H3,(H,16,17). The lowest BCUT2D eigenvalue weighted by Gasteiger charge is -2.09. The van der Waals surface area contributed by atoms with Gasteiger partial charge in [-0.2, -0.15) is 0 Å². The molecule has 0 saturated carbocycles. The maximum absolute atomic E-state index is 13.6. The molecule has 1 amide bonds. The molecule has 3 nitrogen and oxygen atoms in total. The van der Waals surface area contributed by atoms with E-state index in [1.54, 1.807) is 19.1 Å². The van der Waals surface area contributed by atoms with E-state index < -0.39 is 11.7 Å². The molecule has 0 spiro atoms. The number of amides is 1. The third kappa shape index (κ3) is 4.45. The Morgan fingerprint density at radius 3 is 2.83 bits per heavy atom. The van der Waals surface area contributed by atoms with E-state index in [0.717, 1.165) is 0 Å². The zero-order valence-electron chi connectivity index (χ0n) is 11.1. The van der Waals surface area contributed by atoms with Crippen LogP contribution in [0.2, 0.25) is 0 Å². The Morgan fingerprint density at radius 2 is 2.17 bits per heavy atom. The van der Waals surface area contributed by atoms with E-state index in [4.69, 9.17) is 4.74 Å². The molecule has 0 atom stereocenters. The molecule has 4 heteroatoms. The van der Waals surface area contributed by atoms with Crippen molar-refractivity contribution >= 4 is 5.91 Å². The second-order valence-corrected chi connectivity index (χ2v) is 4.66. The third-order valence-corrected chi connectivity index (χ3v) is 2.42. The maximum atomic E-state index is 13.6. The zero-order chi connectivity index (χ0) is 13.5. The molecule has 0 heterocycles. The monoisotopic (exact) mass is 253 g/mol. The van der Waals surface area contributed by atoms with E-state index in [1.165, 1.54) is 6.07 Å². The molecule has 0 aliphatic rings. The number of halogens is 1. The van der Waals surface area contributed by atoms with Crippen molar-refractivity contribution in [3.8, 4) is 0 Å². The van der Waals surface area contributed by atoms with Gasteiger partial charge in [0.15, 0.2) is 0 Å². The molecule has 0 bridgehead atoms. The first-order valence-corrected chi connectivity index (χ1v) is 6.13. The second kappa shape index (κ2) is 7.11. The molecule has 1 rings (SSSR count). The summed E-state index contributed by atoms with van der Waals surface area (Å²) in [5, 5.41) is 2.64. The van der Waals surface area contributed by atoms with Gasteiger partial charge in [0.05, 0.1) is 12.2 Å². The number of nitrogens with one attached hydrogen (secondary N) is 1. The van der Waals surface area contributed by atoms with Crippen LogP contribution < -0.4 is 5.32 Å². The minimum atomic E-state index is -0.460. The smallest absolute Gasteiger partial charge is 0.254 e. The van der Waals surface area contributed by atoms with Crippen LogP contribution in [0.15, 0.2) is 18.2 Å². The number of ether oxygens (including phenoxy) is 1. The quantitative estimate of drug-likeness (QED) is 0.791. The average Bonchev–Trinajstić information content (AvgIpc) is 2.31. The molecule has 0 aliphatic heterocycles. The molecule has 0 unspecified atom stereocenters. The summed E-state index contributed by atoms with van der Waals surface area (Å²) in [5.41, 5.74) is 0.553. The van der Waals surface area contributed by atoms with Crippen LogP contribution >= 0.6 is 0 Å². The van der Waals surface area contributed by atoms with E-state index in [2.05, 4.69) is 19.2 Å². The van der Waals surface area contributed by atoms with Crippen molar-refractivity contribution in [1.29, 1.82) is 0 Å². The average molecular weight is 253 g/mol. The Hall–Kier alpha value is -1.42. The minimum Gasteiger partial charge on any atom is -0.379 e. The van der Waals surface area contributed by atoms with Gasteiger partial charge in [0.25, 0.3) is 5.91 Å². The maximum Gasteiger partial charge on any atom is 0.254 e. The van der Waals surface area contributed by atoms with Crippen molar-refractivity contribution in [2.24, 2.45) is 5.92 Å². The number of hydrogen-bond donors (Lipinski definition) is 1. The van der Waals surface area contributed by atoms with Crippen LogP contribution in [0, 0.1) is 18.7 Å². The molecule has 18 heavy (non-hydrogen) atoms. The van der Waals surface area contributed by atoms with Crippen LogP contribution in [0.4, 0.5) is 4.39 Å². The summed E-state index contributed by atoms with van der Waals surface area (Å²) in [5.74, 6) is -0.391. The summed E-state index contributed by atoms with van der Waals surface area (Å²) in [6.07, 6.45) is 0. The summed E-state index contributed by atoms with van der Waals surface area (Å²) >= 11 is 0. The van der Waals surface area contributed by atoms with Crippen molar-refractivity contribution in [2.75, 3.05) is 19.8 Å². The largest absolute Gasteiger partial charge is 0.379 e. The van der Waals surface area contributed by atoms with Crippen molar-refractivity contribution in [3.63, 3.8) is 0 Å². The highest BCUT2D eigenvalue weighted by atomic mass is 19.1. The first-order chi connectivity index (χ1) is 8.52. The SMILES string of the molecule is Cc1cccc(C(=O)NCCOCC(C)C)c1F. The minimum absolute atomic E-state index is 0.0823. The lowest BCUT2D eigenvalue weighted by molar-refractivity contribution is 0.0882. The first-order valence-electron chi connectivity index (χ1n) is 6.13. The van der Waals surface area contributed by atoms with Crippen LogP contribution in [-0.2, 0) is 4.74 Å². The number of rotatable bonds is 6. The first kappa shape index (κ1) is 14.6. The van der Waals surface area contributed by atoms with Crippen LogP contribution in [0.3, 0.4) is 0 Å². The number of hydrogen-bond acceptors (Lipinski definition) is 2. The molecule has 100 valence electrons. The van der Waals surface area contributed by atoms with Gasteiger partial charge < -0.3 is 10.1 Å². The zero-order valence-corrected chi connectivity index (χ0v) is 11.1. The molecule has 0 fully saturated rings. The topological polar surface area (TPSA) is 38.3 Å². The molecule has 1 aromatic rings. The molecule has 1 N–H and O–H groups in total. The number of carbonyl (C=O) groups excluding carboxylic acids is 1. The highest BCUT2D eigenvalue weighted by molar-refractivity contribution is 5.94. The highest BCUT2D eigenvalue weighted by Gasteiger charge is 2.12. The Labute approximate surface area is 107 Å². The van der Waals surface area contributed by atoms with Crippen molar-refractivity contribution in [3.05, 3.63) is 35.1 Å². The molecule has 1 aromatic carbocycles. The predicted molar refractivity (Wildman–Crippen MR) is 69.1 cm³/mol. The van der Waals surface area contributed by atoms with Gasteiger partial charge in [-0.05, 0) is 24.5 Å². The van der Waals surface area contributed by atoms with Crippen molar-refractivity contribution in [1.82, 2.24) is 5.32 Å². The van der Waals surface area contributed by atoms with E-state index in [9.17, 15) is 9.18 Å². The van der Waals surface area contributed by atoms with E-state index >= 15 is 0 Å². The van der Waals surface area contributed by atoms with Gasteiger partial charge in [0.1, 0.15) is 5.82 Å². The molecule has 0 aromatic heterocycles. The molecular formula is C14H20FNO2. The summed E-state index contributed by atoms with van der Waals surface area (Å²) in [6, 6.07) is 4.78. The number of benzene rings is 1. The molecule has 0 saturated heterocycles. The molecular weight excluding hydrogens is 233 g/mol.